The Morgan fingerprint density at radius 3 is 3.06 bits per heavy atom. The average molecular weight is 220 g/mol. The number of aromatic hydroxyl groups is 1. The number of aryl methyl sites for hydroxylation is 1. The smallest absolute Gasteiger partial charge is 0.254 e. The summed E-state index contributed by atoms with van der Waals surface area (Å²) in [5, 5.41) is 13.3. The molecule has 2 rings (SSSR count). The molecule has 6 heteroatoms. The quantitative estimate of drug-likeness (QED) is 0.799. The molecule has 0 bridgehead atoms. The van der Waals surface area contributed by atoms with Crippen LogP contribution < -0.4 is 5.56 Å². The SMILES string of the molecule is CCCn1cc(-c2nc(O)cc(=O)[nH]2)cn1. The van der Waals surface area contributed by atoms with Crippen LogP contribution in [0.3, 0.4) is 0 Å². The van der Waals surface area contributed by atoms with E-state index in [1.807, 2.05) is 0 Å². The van der Waals surface area contributed by atoms with E-state index >= 15 is 0 Å². The van der Waals surface area contributed by atoms with Gasteiger partial charge in [-0.25, -0.2) is 0 Å². The average Bonchev–Trinajstić information content (AvgIpc) is 2.65. The van der Waals surface area contributed by atoms with Crippen LogP contribution in [-0.4, -0.2) is 24.9 Å². The van der Waals surface area contributed by atoms with Gasteiger partial charge in [0.1, 0.15) is 5.82 Å². The van der Waals surface area contributed by atoms with Crippen molar-refractivity contribution >= 4 is 0 Å². The first kappa shape index (κ1) is 10.4. The first-order valence-electron chi connectivity index (χ1n) is 5.02. The van der Waals surface area contributed by atoms with Gasteiger partial charge in [0.15, 0.2) is 0 Å². The third-order valence-corrected chi connectivity index (χ3v) is 2.09. The summed E-state index contributed by atoms with van der Waals surface area (Å²) in [6, 6.07) is 1.03. The number of H-pyrrole nitrogens is 1. The highest BCUT2D eigenvalue weighted by Crippen LogP contribution is 2.14. The first-order valence-corrected chi connectivity index (χ1v) is 5.02. The molecule has 16 heavy (non-hydrogen) atoms. The van der Waals surface area contributed by atoms with Crippen molar-refractivity contribution in [3.63, 3.8) is 0 Å². The Morgan fingerprint density at radius 2 is 2.38 bits per heavy atom. The Kier molecular flexibility index (Phi) is 2.72. The summed E-state index contributed by atoms with van der Waals surface area (Å²) in [5.74, 6) is 0.0364. The third-order valence-electron chi connectivity index (χ3n) is 2.09. The van der Waals surface area contributed by atoms with Crippen LogP contribution in [0.4, 0.5) is 0 Å². The molecular weight excluding hydrogens is 208 g/mol. The molecule has 0 aromatic carbocycles. The Morgan fingerprint density at radius 1 is 1.56 bits per heavy atom. The fourth-order valence-electron chi connectivity index (χ4n) is 1.42. The number of rotatable bonds is 3. The van der Waals surface area contributed by atoms with Gasteiger partial charge in [0.2, 0.25) is 5.88 Å². The molecule has 2 aromatic rings. The van der Waals surface area contributed by atoms with E-state index in [9.17, 15) is 9.90 Å². The number of aromatic nitrogens is 4. The van der Waals surface area contributed by atoms with Crippen molar-refractivity contribution in [2.75, 3.05) is 0 Å². The van der Waals surface area contributed by atoms with Crippen LogP contribution in [0.25, 0.3) is 11.4 Å². The lowest BCUT2D eigenvalue weighted by atomic mass is 10.3. The highest BCUT2D eigenvalue weighted by molar-refractivity contribution is 5.52. The minimum absolute atomic E-state index is 0.290. The lowest BCUT2D eigenvalue weighted by molar-refractivity contribution is 0.452. The fourth-order valence-corrected chi connectivity index (χ4v) is 1.42. The zero-order chi connectivity index (χ0) is 11.5. The van der Waals surface area contributed by atoms with Crippen molar-refractivity contribution in [3.8, 4) is 17.3 Å². The summed E-state index contributed by atoms with van der Waals surface area (Å²) in [4.78, 5) is 17.5. The first-order chi connectivity index (χ1) is 7.69. The minimum atomic E-state index is -0.384. The molecule has 0 unspecified atom stereocenters. The van der Waals surface area contributed by atoms with E-state index in [-0.39, 0.29) is 11.4 Å². The van der Waals surface area contributed by atoms with Crippen LogP contribution in [0.2, 0.25) is 0 Å². The van der Waals surface area contributed by atoms with E-state index in [0.717, 1.165) is 19.0 Å². The van der Waals surface area contributed by atoms with Crippen LogP contribution in [0.5, 0.6) is 5.88 Å². The zero-order valence-corrected chi connectivity index (χ0v) is 8.84. The van der Waals surface area contributed by atoms with Crippen LogP contribution in [-0.2, 0) is 6.54 Å². The van der Waals surface area contributed by atoms with Gasteiger partial charge in [-0.15, -0.1) is 0 Å². The number of nitrogens with one attached hydrogen (secondary N) is 1. The number of hydrogen-bond acceptors (Lipinski definition) is 4. The van der Waals surface area contributed by atoms with Crippen molar-refractivity contribution in [1.29, 1.82) is 0 Å². The lowest BCUT2D eigenvalue weighted by Gasteiger charge is -1.97. The summed E-state index contributed by atoms with van der Waals surface area (Å²) >= 11 is 0. The predicted octanol–water partition coefficient (Wildman–Crippen LogP) is 0.749. The second kappa shape index (κ2) is 4.18. The zero-order valence-electron chi connectivity index (χ0n) is 8.84. The molecule has 0 spiro atoms. The van der Waals surface area contributed by atoms with Crippen LogP contribution in [0.15, 0.2) is 23.3 Å². The summed E-state index contributed by atoms with van der Waals surface area (Å²) in [6.07, 6.45) is 4.36. The Balaban J connectivity index is 2.38. The highest BCUT2D eigenvalue weighted by Gasteiger charge is 2.05. The Labute approximate surface area is 91.6 Å². The van der Waals surface area contributed by atoms with Gasteiger partial charge in [-0.1, -0.05) is 6.92 Å². The van der Waals surface area contributed by atoms with Crippen molar-refractivity contribution in [2.24, 2.45) is 0 Å². The van der Waals surface area contributed by atoms with Gasteiger partial charge in [-0.05, 0) is 6.42 Å². The molecule has 0 fully saturated rings. The van der Waals surface area contributed by atoms with Crippen molar-refractivity contribution in [3.05, 3.63) is 28.8 Å². The molecule has 6 nitrogen and oxygen atoms in total. The number of hydrogen-bond donors (Lipinski definition) is 2. The predicted molar refractivity (Wildman–Crippen MR) is 58.0 cm³/mol. The molecule has 84 valence electrons. The molecule has 0 aliphatic rings. The van der Waals surface area contributed by atoms with Gasteiger partial charge in [0.25, 0.3) is 5.56 Å². The van der Waals surface area contributed by atoms with Crippen LogP contribution in [0, 0.1) is 0 Å². The molecule has 2 N–H and O–H groups in total. The molecule has 0 radical (unpaired) electrons. The van der Waals surface area contributed by atoms with E-state index in [1.165, 1.54) is 0 Å². The van der Waals surface area contributed by atoms with Gasteiger partial charge in [-0.3, -0.25) is 9.48 Å². The second-order valence-electron chi connectivity index (χ2n) is 3.44. The standard InChI is InChI=1S/C10H12N4O2/c1-2-3-14-6-7(5-11-14)10-12-8(15)4-9(16)13-10/h4-6H,2-3H2,1H3,(H2,12,13,15,16). The van der Waals surface area contributed by atoms with Gasteiger partial charge in [-0.2, -0.15) is 10.1 Å². The maximum Gasteiger partial charge on any atom is 0.254 e. The Bertz CT molecular complexity index is 544. The third kappa shape index (κ3) is 2.10. The van der Waals surface area contributed by atoms with Gasteiger partial charge >= 0.3 is 0 Å². The molecule has 0 aliphatic heterocycles. The fraction of sp³-hybridized carbons (Fsp3) is 0.300. The summed E-state index contributed by atoms with van der Waals surface area (Å²) in [7, 11) is 0. The normalized spacial score (nSPS) is 10.6. The summed E-state index contributed by atoms with van der Waals surface area (Å²) < 4.78 is 1.76. The molecule has 0 atom stereocenters. The molecule has 2 heterocycles. The topological polar surface area (TPSA) is 83.8 Å². The molecule has 2 aromatic heterocycles. The summed E-state index contributed by atoms with van der Waals surface area (Å²) in [6.45, 7) is 2.86. The molecule has 0 saturated heterocycles. The Hall–Kier alpha value is -2.11. The lowest BCUT2D eigenvalue weighted by Crippen LogP contribution is -2.06. The van der Waals surface area contributed by atoms with E-state index in [1.54, 1.807) is 17.1 Å². The van der Waals surface area contributed by atoms with Crippen molar-refractivity contribution < 1.29 is 5.11 Å². The van der Waals surface area contributed by atoms with Gasteiger partial charge in [0.05, 0.1) is 17.8 Å². The van der Waals surface area contributed by atoms with Crippen LogP contribution in [0.1, 0.15) is 13.3 Å². The number of nitrogens with zero attached hydrogens (tertiary/aromatic N) is 3. The molecule has 0 saturated carbocycles. The highest BCUT2D eigenvalue weighted by atomic mass is 16.3. The molecule has 0 aliphatic carbocycles. The van der Waals surface area contributed by atoms with Crippen molar-refractivity contribution in [2.45, 2.75) is 19.9 Å². The monoisotopic (exact) mass is 220 g/mol. The maximum atomic E-state index is 11.1. The maximum absolute atomic E-state index is 11.1. The minimum Gasteiger partial charge on any atom is -0.493 e. The van der Waals surface area contributed by atoms with Crippen LogP contribution >= 0.6 is 0 Å². The van der Waals surface area contributed by atoms with E-state index in [2.05, 4.69) is 22.0 Å². The number of aromatic amines is 1. The van der Waals surface area contributed by atoms with Crippen molar-refractivity contribution in [1.82, 2.24) is 19.7 Å². The molecule has 0 amide bonds. The van der Waals surface area contributed by atoms with Gasteiger partial charge in [0, 0.05) is 12.7 Å². The van der Waals surface area contributed by atoms with Gasteiger partial charge < -0.3 is 10.1 Å². The summed E-state index contributed by atoms with van der Waals surface area (Å²) in [5.41, 5.74) is 0.298. The second-order valence-corrected chi connectivity index (χ2v) is 3.44. The van der Waals surface area contributed by atoms with E-state index < -0.39 is 0 Å². The largest absolute Gasteiger partial charge is 0.493 e. The van der Waals surface area contributed by atoms with E-state index in [4.69, 9.17) is 0 Å². The molecular formula is C10H12N4O2. The van der Waals surface area contributed by atoms with E-state index in [0.29, 0.717) is 11.4 Å².